The number of hydrogen-bond donors (Lipinski definition) is 1. The molecule has 2 nitrogen and oxygen atoms in total. The highest BCUT2D eigenvalue weighted by atomic mass is 16.3. The van der Waals surface area contributed by atoms with Crippen LogP contribution < -0.4 is 0 Å². The minimum Gasteiger partial charge on any atom is -0.508 e. The molecule has 0 bridgehead atoms. The Kier molecular flexibility index (Phi) is 5.02. The van der Waals surface area contributed by atoms with Gasteiger partial charge in [-0.25, -0.2) is 0 Å². The predicted octanol–water partition coefficient (Wildman–Crippen LogP) is 4.63. The molecule has 1 aliphatic rings. The van der Waals surface area contributed by atoms with Crippen molar-refractivity contribution < 1.29 is 5.11 Å². The highest BCUT2D eigenvalue weighted by Crippen LogP contribution is 2.31. The van der Waals surface area contributed by atoms with E-state index in [0.29, 0.717) is 11.8 Å². The maximum atomic E-state index is 10.2. The summed E-state index contributed by atoms with van der Waals surface area (Å²) in [6.45, 7) is 3.27. The van der Waals surface area contributed by atoms with Gasteiger partial charge in [0.25, 0.3) is 0 Å². The maximum Gasteiger partial charge on any atom is 0.119 e. The Morgan fingerprint density at radius 2 is 1.96 bits per heavy atom. The Morgan fingerprint density at radius 3 is 2.74 bits per heavy atom. The molecule has 1 unspecified atom stereocenters. The maximum absolute atomic E-state index is 10.2. The lowest BCUT2D eigenvalue weighted by Crippen LogP contribution is -2.36. The van der Waals surface area contributed by atoms with Gasteiger partial charge in [0.1, 0.15) is 5.75 Å². The van der Waals surface area contributed by atoms with Crippen LogP contribution in [0.3, 0.4) is 0 Å². The van der Waals surface area contributed by atoms with Gasteiger partial charge in [0.15, 0.2) is 0 Å². The van der Waals surface area contributed by atoms with Crippen molar-refractivity contribution in [2.75, 3.05) is 6.54 Å². The zero-order valence-corrected chi connectivity index (χ0v) is 13.8. The van der Waals surface area contributed by atoms with Crippen molar-refractivity contribution in [2.45, 2.75) is 38.6 Å². The van der Waals surface area contributed by atoms with E-state index in [9.17, 15) is 5.11 Å². The number of fused-ring (bicyclic) bond motifs is 1. The Hall–Kier alpha value is -2.22. The minimum absolute atomic E-state index is 0.454. The summed E-state index contributed by atoms with van der Waals surface area (Å²) in [4.78, 5) is 2.45. The summed E-state index contributed by atoms with van der Waals surface area (Å²) in [5.74, 6) is 0.454. The summed E-state index contributed by atoms with van der Waals surface area (Å²) >= 11 is 0. The number of rotatable bonds is 5. The predicted molar refractivity (Wildman–Crippen MR) is 96.4 cm³/mol. The molecule has 3 rings (SSSR count). The first kappa shape index (κ1) is 15.7. The minimum atomic E-state index is 0.454. The molecule has 0 saturated heterocycles. The van der Waals surface area contributed by atoms with E-state index in [1.807, 2.05) is 18.2 Å². The van der Waals surface area contributed by atoms with Crippen molar-refractivity contribution in [1.82, 2.24) is 4.90 Å². The summed E-state index contributed by atoms with van der Waals surface area (Å²) in [6.07, 6.45) is 8.68. The van der Waals surface area contributed by atoms with E-state index in [1.165, 1.54) is 11.1 Å². The Labute approximate surface area is 139 Å². The third kappa shape index (κ3) is 3.76. The molecule has 0 heterocycles. The molecule has 120 valence electrons. The van der Waals surface area contributed by atoms with Gasteiger partial charge in [-0.3, -0.25) is 0 Å². The van der Waals surface area contributed by atoms with Crippen LogP contribution in [0, 0.1) is 0 Å². The van der Waals surface area contributed by atoms with E-state index in [2.05, 4.69) is 54.4 Å². The molecular formula is C21H25NO. The van der Waals surface area contributed by atoms with Crippen LogP contribution in [0.5, 0.6) is 5.75 Å². The lowest BCUT2D eigenvalue weighted by molar-refractivity contribution is 0.252. The van der Waals surface area contributed by atoms with Gasteiger partial charge in [0, 0.05) is 12.6 Å². The zero-order valence-electron chi connectivity index (χ0n) is 13.8. The first-order chi connectivity index (χ1) is 11.3. The molecule has 0 amide bonds. The van der Waals surface area contributed by atoms with Gasteiger partial charge in [-0.15, -0.1) is 0 Å². The lowest BCUT2D eigenvalue weighted by atomic mass is 9.87. The molecule has 0 aromatic heterocycles. The molecule has 0 aliphatic heterocycles. The molecule has 0 fully saturated rings. The summed E-state index contributed by atoms with van der Waals surface area (Å²) in [5.41, 5.74) is 3.68. The first-order valence-electron chi connectivity index (χ1n) is 8.56. The summed E-state index contributed by atoms with van der Waals surface area (Å²) < 4.78 is 0. The van der Waals surface area contributed by atoms with E-state index in [1.54, 1.807) is 0 Å². The van der Waals surface area contributed by atoms with Crippen LogP contribution in [0.25, 0.3) is 6.08 Å². The summed E-state index contributed by atoms with van der Waals surface area (Å²) in [5, 5.41) is 10.2. The second-order valence-electron chi connectivity index (χ2n) is 6.28. The monoisotopic (exact) mass is 307 g/mol. The van der Waals surface area contributed by atoms with Crippen LogP contribution in [-0.2, 0) is 12.8 Å². The SMILES string of the molecule is CCCN(C=Cc1ccccc1)C1CCc2cccc(O)c2C1. The van der Waals surface area contributed by atoms with E-state index >= 15 is 0 Å². The van der Waals surface area contributed by atoms with Gasteiger partial charge in [-0.05, 0) is 60.7 Å². The van der Waals surface area contributed by atoms with Gasteiger partial charge in [0.2, 0.25) is 0 Å². The van der Waals surface area contributed by atoms with Crippen LogP contribution in [0.2, 0.25) is 0 Å². The average molecular weight is 307 g/mol. The van der Waals surface area contributed by atoms with Crippen LogP contribution >= 0.6 is 0 Å². The average Bonchev–Trinajstić information content (AvgIpc) is 2.60. The van der Waals surface area contributed by atoms with Crippen molar-refractivity contribution in [3.8, 4) is 5.75 Å². The lowest BCUT2D eigenvalue weighted by Gasteiger charge is -2.34. The van der Waals surface area contributed by atoms with E-state index in [0.717, 1.165) is 37.8 Å². The first-order valence-corrected chi connectivity index (χ1v) is 8.56. The Bertz CT molecular complexity index is 663. The molecule has 2 heteroatoms. The molecule has 1 aliphatic carbocycles. The van der Waals surface area contributed by atoms with Gasteiger partial charge >= 0.3 is 0 Å². The molecular weight excluding hydrogens is 282 g/mol. The van der Waals surface area contributed by atoms with Gasteiger partial charge in [-0.1, -0.05) is 49.4 Å². The van der Waals surface area contributed by atoms with Gasteiger partial charge in [-0.2, -0.15) is 0 Å². The molecule has 1 atom stereocenters. The molecule has 23 heavy (non-hydrogen) atoms. The van der Waals surface area contributed by atoms with Crippen molar-refractivity contribution in [1.29, 1.82) is 0 Å². The Balaban J connectivity index is 1.77. The van der Waals surface area contributed by atoms with Crippen LogP contribution in [0.1, 0.15) is 36.5 Å². The molecule has 2 aromatic rings. The van der Waals surface area contributed by atoms with E-state index in [4.69, 9.17) is 0 Å². The summed E-state index contributed by atoms with van der Waals surface area (Å²) in [7, 11) is 0. The fourth-order valence-electron chi connectivity index (χ4n) is 3.42. The fraction of sp³-hybridized carbons (Fsp3) is 0.333. The summed E-state index contributed by atoms with van der Waals surface area (Å²) in [6, 6.07) is 16.8. The largest absolute Gasteiger partial charge is 0.508 e. The van der Waals surface area contributed by atoms with Crippen LogP contribution in [-0.4, -0.2) is 22.6 Å². The van der Waals surface area contributed by atoms with Crippen LogP contribution in [0.4, 0.5) is 0 Å². The molecule has 2 aromatic carbocycles. The Morgan fingerprint density at radius 1 is 1.13 bits per heavy atom. The number of nitrogens with zero attached hydrogens (tertiary/aromatic N) is 1. The number of hydrogen-bond acceptors (Lipinski definition) is 2. The number of aryl methyl sites for hydroxylation is 1. The molecule has 0 saturated carbocycles. The highest BCUT2D eigenvalue weighted by Gasteiger charge is 2.23. The highest BCUT2D eigenvalue weighted by molar-refractivity contribution is 5.48. The smallest absolute Gasteiger partial charge is 0.119 e. The van der Waals surface area contributed by atoms with Gasteiger partial charge < -0.3 is 10.0 Å². The quantitative estimate of drug-likeness (QED) is 0.870. The molecule has 1 N–H and O–H groups in total. The number of benzene rings is 2. The van der Waals surface area contributed by atoms with Gasteiger partial charge in [0.05, 0.1) is 0 Å². The standard InChI is InChI=1S/C21H25NO/c1-2-14-22(15-13-17-7-4-3-5-8-17)19-12-11-18-9-6-10-21(23)20(18)16-19/h3-10,13,15,19,23H,2,11-12,14,16H2,1H3. The van der Waals surface area contributed by atoms with Crippen LogP contribution in [0.15, 0.2) is 54.7 Å². The second kappa shape index (κ2) is 7.36. The van der Waals surface area contributed by atoms with Crippen molar-refractivity contribution in [3.63, 3.8) is 0 Å². The number of aromatic hydroxyl groups is 1. The van der Waals surface area contributed by atoms with Crippen molar-refractivity contribution in [3.05, 3.63) is 71.4 Å². The van der Waals surface area contributed by atoms with E-state index in [-0.39, 0.29) is 0 Å². The fourth-order valence-corrected chi connectivity index (χ4v) is 3.42. The zero-order chi connectivity index (χ0) is 16.1. The third-order valence-corrected chi connectivity index (χ3v) is 4.64. The number of phenolic OH excluding ortho intramolecular Hbond substituents is 1. The third-order valence-electron chi connectivity index (χ3n) is 4.64. The normalized spacial score (nSPS) is 17.2. The van der Waals surface area contributed by atoms with Crippen molar-refractivity contribution >= 4 is 6.08 Å². The molecule has 0 spiro atoms. The second-order valence-corrected chi connectivity index (χ2v) is 6.28. The van der Waals surface area contributed by atoms with Crippen molar-refractivity contribution in [2.24, 2.45) is 0 Å². The number of phenols is 1. The topological polar surface area (TPSA) is 23.5 Å². The van der Waals surface area contributed by atoms with E-state index < -0.39 is 0 Å². The molecule has 0 radical (unpaired) electrons.